The molecule has 0 saturated carbocycles. The molecule has 132 valence electrons. The Morgan fingerprint density at radius 1 is 1.08 bits per heavy atom. The molecule has 0 aromatic carbocycles. The molecule has 26 heavy (non-hydrogen) atoms. The molecule has 1 saturated heterocycles. The zero-order valence-electron chi connectivity index (χ0n) is 14.0. The largest absolute Gasteiger partial charge is 0.397 e. The summed E-state index contributed by atoms with van der Waals surface area (Å²) in [6, 6.07) is 5.90. The highest BCUT2D eigenvalue weighted by atomic mass is 32.1. The number of hydrogen-bond donors (Lipinski definition) is 4. The molecule has 7 nitrogen and oxygen atoms in total. The van der Waals surface area contributed by atoms with Gasteiger partial charge in [-0.05, 0) is 49.5 Å². The Balaban J connectivity index is 1.63. The summed E-state index contributed by atoms with van der Waals surface area (Å²) in [7, 11) is 0. The van der Waals surface area contributed by atoms with Crippen LogP contribution in [0.25, 0.3) is 32.8 Å². The number of imidazole rings is 1. The maximum atomic E-state index is 12.5. The minimum Gasteiger partial charge on any atom is -0.397 e. The number of aromatic amines is 2. The molecule has 1 aliphatic heterocycles. The molecule has 0 aliphatic carbocycles. The van der Waals surface area contributed by atoms with E-state index in [9.17, 15) is 4.79 Å². The minimum absolute atomic E-state index is 0.244. The highest BCUT2D eigenvalue weighted by molar-refractivity contribution is 7.17. The lowest BCUT2D eigenvalue weighted by molar-refractivity contribution is 0.454. The number of hydrogen-bond acceptors (Lipinski definition) is 6. The Hall–Kier alpha value is -2.71. The van der Waals surface area contributed by atoms with Crippen molar-refractivity contribution in [2.45, 2.75) is 18.8 Å². The zero-order valence-corrected chi connectivity index (χ0v) is 14.8. The number of anilines is 1. The normalized spacial score (nSPS) is 15.8. The van der Waals surface area contributed by atoms with Gasteiger partial charge in [0.05, 0.1) is 21.4 Å². The van der Waals surface area contributed by atoms with Crippen molar-refractivity contribution >= 4 is 38.4 Å². The lowest BCUT2D eigenvalue weighted by atomic mass is 9.94. The standard InChI is InChI=1S/C18H18N6OS/c19-14-13(18(25)23-11-5-8-26-15(11)14)17-22-12-2-1-10(21-16(12)24-17)9-3-6-20-7-4-9/h1-2,5,8-9,20H,3-4,6-7H2,(H3,19,23,25)(H,21,22,24). The molecule has 4 aromatic rings. The SMILES string of the molecule is Nc1c(-c2nc3nc(C4CCNCC4)ccc3[nH]2)c(=O)[nH]c2ccsc12. The number of piperidine rings is 1. The number of fused-ring (bicyclic) bond motifs is 2. The molecule has 8 heteroatoms. The number of aromatic nitrogens is 4. The van der Waals surface area contributed by atoms with Gasteiger partial charge in [0.25, 0.3) is 5.56 Å². The van der Waals surface area contributed by atoms with Gasteiger partial charge in [0, 0.05) is 11.6 Å². The van der Waals surface area contributed by atoms with Crippen molar-refractivity contribution in [1.82, 2.24) is 25.3 Å². The van der Waals surface area contributed by atoms with Gasteiger partial charge < -0.3 is 21.0 Å². The average Bonchev–Trinajstić information content (AvgIpc) is 3.28. The quantitative estimate of drug-likeness (QED) is 0.435. The van der Waals surface area contributed by atoms with E-state index in [2.05, 4.69) is 26.3 Å². The van der Waals surface area contributed by atoms with E-state index in [0.717, 1.165) is 47.4 Å². The number of nitrogen functional groups attached to an aromatic ring is 1. The van der Waals surface area contributed by atoms with Crippen molar-refractivity contribution < 1.29 is 0 Å². The summed E-state index contributed by atoms with van der Waals surface area (Å²) >= 11 is 1.50. The highest BCUT2D eigenvalue weighted by Crippen LogP contribution is 2.31. The van der Waals surface area contributed by atoms with Crippen LogP contribution in [-0.4, -0.2) is 33.0 Å². The van der Waals surface area contributed by atoms with Crippen LogP contribution in [0.5, 0.6) is 0 Å². The van der Waals surface area contributed by atoms with Crippen LogP contribution < -0.4 is 16.6 Å². The number of nitrogens with two attached hydrogens (primary N) is 1. The number of nitrogens with one attached hydrogen (secondary N) is 3. The fraction of sp³-hybridized carbons (Fsp3) is 0.278. The van der Waals surface area contributed by atoms with Crippen molar-refractivity contribution in [2.75, 3.05) is 18.8 Å². The van der Waals surface area contributed by atoms with E-state index in [-0.39, 0.29) is 5.56 Å². The third-order valence-corrected chi connectivity index (χ3v) is 5.96. The topological polar surface area (TPSA) is 112 Å². The van der Waals surface area contributed by atoms with Crippen molar-refractivity contribution in [1.29, 1.82) is 0 Å². The smallest absolute Gasteiger partial charge is 0.261 e. The Kier molecular flexibility index (Phi) is 3.54. The van der Waals surface area contributed by atoms with E-state index in [1.165, 1.54) is 11.3 Å². The molecule has 0 radical (unpaired) electrons. The van der Waals surface area contributed by atoms with Gasteiger partial charge in [0.15, 0.2) is 5.65 Å². The summed E-state index contributed by atoms with van der Waals surface area (Å²) in [5.41, 5.74) is 10.1. The Labute approximate surface area is 152 Å². The van der Waals surface area contributed by atoms with Gasteiger partial charge in [-0.2, -0.15) is 0 Å². The van der Waals surface area contributed by atoms with E-state index >= 15 is 0 Å². The number of thiophene rings is 1. The zero-order chi connectivity index (χ0) is 17.7. The molecule has 0 atom stereocenters. The molecule has 5 heterocycles. The van der Waals surface area contributed by atoms with Gasteiger partial charge in [-0.3, -0.25) is 4.79 Å². The van der Waals surface area contributed by atoms with Gasteiger partial charge >= 0.3 is 0 Å². The fourth-order valence-electron chi connectivity index (χ4n) is 3.64. The maximum Gasteiger partial charge on any atom is 0.261 e. The van der Waals surface area contributed by atoms with Crippen molar-refractivity contribution in [3.8, 4) is 11.4 Å². The van der Waals surface area contributed by atoms with E-state index < -0.39 is 0 Å². The van der Waals surface area contributed by atoms with Gasteiger partial charge in [0.2, 0.25) is 0 Å². The van der Waals surface area contributed by atoms with Crippen LogP contribution in [0, 0.1) is 0 Å². The molecule has 0 bridgehead atoms. The second kappa shape index (κ2) is 5.93. The molecule has 0 spiro atoms. The predicted molar refractivity (Wildman–Crippen MR) is 105 cm³/mol. The summed E-state index contributed by atoms with van der Waals surface area (Å²) in [5, 5.41) is 5.28. The maximum absolute atomic E-state index is 12.5. The van der Waals surface area contributed by atoms with Gasteiger partial charge in [-0.15, -0.1) is 11.3 Å². The molecule has 1 aliphatic rings. The summed E-state index contributed by atoms with van der Waals surface area (Å²) in [6.45, 7) is 2.03. The van der Waals surface area contributed by atoms with Crippen LogP contribution in [0.1, 0.15) is 24.5 Å². The van der Waals surface area contributed by atoms with Crippen LogP contribution in [0.15, 0.2) is 28.4 Å². The van der Waals surface area contributed by atoms with Gasteiger partial charge in [-0.1, -0.05) is 0 Å². The molecule has 0 unspecified atom stereocenters. The Morgan fingerprint density at radius 2 is 1.92 bits per heavy atom. The van der Waals surface area contributed by atoms with Crippen LogP contribution in [0.3, 0.4) is 0 Å². The molecule has 5 rings (SSSR count). The minimum atomic E-state index is -0.244. The summed E-state index contributed by atoms with van der Waals surface area (Å²) in [4.78, 5) is 27.9. The van der Waals surface area contributed by atoms with Crippen LogP contribution in [-0.2, 0) is 0 Å². The monoisotopic (exact) mass is 366 g/mol. The average molecular weight is 366 g/mol. The molecular weight excluding hydrogens is 348 g/mol. The fourth-order valence-corrected chi connectivity index (χ4v) is 4.46. The Bertz CT molecular complexity index is 1170. The summed E-state index contributed by atoms with van der Waals surface area (Å²) in [5.74, 6) is 0.917. The molecule has 1 fully saturated rings. The first-order valence-electron chi connectivity index (χ1n) is 8.67. The predicted octanol–water partition coefficient (Wildman–Crippen LogP) is 2.58. The van der Waals surface area contributed by atoms with E-state index in [1.807, 2.05) is 17.5 Å². The second-order valence-electron chi connectivity index (χ2n) is 6.62. The first kappa shape index (κ1) is 15.5. The number of rotatable bonds is 2. The summed E-state index contributed by atoms with van der Waals surface area (Å²) in [6.07, 6.45) is 2.16. The second-order valence-corrected chi connectivity index (χ2v) is 7.54. The summed E-state index contributed by atoms with van der Waals surface area (Å²) < 4.78 is 0.864. The van der Waals surface area contributed by atoms with Gasteiger partial charge in [-0.25, -0.2) is 9.97 Å². The first-order chi connectivity index (χ1) is 12.7. The van der Waals surface area contributed by atoms with Crippen molar-refractivity contribution in [3.05, 3.63) is 39.6 Å². The molecular formula is C18H18N6OS. The van der Waals surface area contributed by atoms with E-state index in [1.54, 1.807) is 0 Å². The van der Waals surface area contributed by atoms with Crippen molar-refractivity contribution in [2.24, 2.45) is 0 Å². The first-order valence-corrected chi connectivity index (χ1v) is 9.55. The van der Waals surface area contributed by atoms with Crippen LogP contribution in [0.4, 0.5) is 5.69 Å². The lowest BCUT2D eigenvalue weighted by Crippen LogP contribution is -2.27. The Morgan fingerprint density at radius 3 is 2.77 bits per heavy atom. The van der Waals surface area contributed by atoms with Crippen LogP contribution in [0.2, 0.25) is 0 Å². The van der Waals surface area contributed by atoms with E-state index in [0.29, 0.717) is 28.6 Å². The van der Waals surface area contributed by atoms with Gasteiger partial charge in [0.1, 0.15) is 11.4 Å². The number of nitrogens with zero attached hydrogens (tertiary/aromatic N) is 2. The number of H-pyrrole nitrogens is 2. The molecule has 5 N–H and O–H groups in total. The highest BCUT2D eigenvalue weighted by Gasteiger charge is 2.20. The van der Waals surface area contributed by atoms with Crippen molar-refractivity contribution in [3.63, 3.8) is 0 Å². The lowest BCUT2D eigenvalue weighted by Gasteiger charge is -2.21. The molecule has 0 amide bonds. The van der Waals surface area contributed by atoms with Crippen LogP contribution >= 0.6 is 11.3 Å². The number of pyridine rings is 2. The third kappa shape index (κ3) is 2.41. The third-order valence-electron chi connectivity index (χ3n) is 5.02. The molecule has 4 aromatic heterocycles. The van der Waals surface area contributed by atoms with E-state index in [4.69, 9.17) is 10.7 Å².